The van der Waals surface area contributed by atoms with Crippen LogP contribution in [-0.2, 0) is 25.9 Å². The topological polar surface area (TPSA) is 254 Å². The number of aromatic nitrogens is 4. The van der Waals surface area contributed by atoms with E-state index in [4.69, 9.17) is 25.0 Å². The van der Waals surface area contributed by atoms with Gasteiger partial charge in [0.15, 0.2) is 12.5 Å². The van der Waals surface area contributed by atoms with Crippen LogP contribution in [0.1, 0.15) is 18.0 Å². The van der Waals surface area contributed by atoms with Gasteiger partial charge in [-0.3, -0.25) is 18.9 Å². The van der Waals surface area contributed by atoms with Gasteiger partial charge < -0.3 is 40.7 Å². The van der Waals surface area contributed by atoms with Crippen molar-refractivity contribution < 1.29 is 44.8 Å². The zero-order valence-corrected chi connectivity index (χ0v) is 18.5. The monoisotopic (exact) mass is 515 g/mol. The molecule has 0 saturated carbocycles. The lowest BCUT2D eigenvalue weighted by Crippen LogP contribution is -2.37. The predicted octanol–water partition coefficient (Wildman–Crippen LogP) is -4.95. The van der Waals surface area contributed by atoms with Crippen molar-refractivity contribution >= 4 is 5.82 Å². The van der Waals surface area contributed by atoms with Gasteiger partial charge in [0.05, 0.1) is 6.61 Å². The predicted molar refractivity (Wildman–Crippen MR) is 114 cm³/mol. The maximum Gasteiger partial charge on any atom is 0.351 e. The molecule has 0 unspecified atom stereocenters. The molecular weight excluding hydrogens is 490 g/mol. The molecule has 0 amide bonds. The van der Waals surface area contributed by atoms with Crippen molar-refractivity contribution in [1.82, 2.24) is 19.1 Å². The van der Waals surface area contributed by atoms with E-state index in [2.05, 4.69) is 4.98 Å². The first-order chi connectivity index (χ1) is 17.1. The van der Waals surface area contributed by atoms with Crippen LogP contribution >= 0.6 is 0 Å². The minimum Gasteiger partial charge on any atom is -0.394 e. The van der Waals surface area contributed by atoms with E-state index >= 15 is 0 Å². The number of aliphatic hydroxyl groups is 5. The summed E-state index contributed by atoms with van der Waals surface area (Å²) in [5.74, 6) is -0.211. The summed E-state index contributed by atoms with van der Waals surface area (Å²) >= 11 is 0. The Morgan fingerprint density at radius 1 is 0.972 bits per heavy atom. The number of anilines is 1. The van der Waals surface area contributed by atoms with Crippen LogP contribution < -0.4 is 22.7 Å². The highest BCUT2D eigenvalue weighted by atomic mass is 17.2. The number of nitrogens with two attached hydrogens (primary N) is 1. The molecule has 17 heteroatoms. The molecule has 2 aliphatic heterocycles. The Morgan fingerprint density at radius 3 is 2.25 bits per heavy atom. The number of nitrogens with one attached hydrogen (secondary N) is 1. The SMILES string of the molecule is Nc1nc(=O)n([C@@H]2O[C@H](CO)[C@@H](O)[C@H]2O)cc1COOC[C@H]1O[C@@H](n2ccc(=O)[nH]c2=O)[C@H](O)[C@@H]1O. The highest BCUT2D eigenvalue weighted by Gasteiger charge is 2.45. The van der Waals surface area contributed by atoms with Crippen LogP contribution in [0.25, 0.3) is 0 Å². The number of ether oxygens (including phenoxy) is 2. The molecule has 4 rings (SSSR count). The maximum atomic E-state index is 12.2. The Morgan fingerprint density at radius 2 is 1.61 bits per heavy atom. The summed E-state index contributed by atoms with van der Waals surface area (Å²) in [5, 5.41) is 49.8. The molecule has 8 N–H and O–H groups in total. The maximum absolute atomic E-state index is 12.2. The molecule has 2 aromatic rings. The van der Waals surface area contributed by atoms with Crippen LogP contribution in [0.2, 0.25) is 0 Å². The van der Waals surface area contributed by atoms with Gasteiger partial charge in [0, 0.05) is 24.0 Å². The van der Waals surface area contributed by atoms with Gasteiger partial charge in [0.2, 0.25) is 0 Å². The molecule has 0 spiro atoms. The van der Waals surface area contributed by atoms with Crippen LogP contribution in [0.4, 0.5) is 5.82 Å². The van der Waals surface area contributed by atoms with Crippen LogP contribution in [-0.4, -0.2) is 94.5 Å². The van der Waals surface area contributed by atoms with Crippen molar-refractivity contribution in [2.24, 2.45) is 0 Å². The smallest absolute Gasteiger partial charge is 0.351 e. The van der Waals surface area contributed by atoms with E-state index in [1.165, 1.54) is 6.20 Å². The number of aliphatic hydroxyl groups excluding tert-OH is 5. The Kier molecular flexibility index (Phi) is 7.64. The van der Waals surface area contributed by atoms with E-state index in [9.17, 15) is 39.9 Å². The zero-order valence-electron chi connectivity index (χ0n) is 18.5. The normalized spacial score (nSPS) is 32.2. The summed E-state index contributed by atoms with van der Waals surface area (Å²) in [7, 11) is 0. The van der Waals surface area contributed by atoms with Gasteiger partial charge in [-0.05, 0) is 0 Å². The Labute approximate surface area is 200 Å². The lowest BCUT2D eigenvalue weighted by Gasteiger charge is -2.19. The van der Waals surface area contributed by atoms with Crippen molar-refractivity contribution in [2.45, 2.75) is 55.7 Å². The summed E-state index contributed by atoms with van der Waals surface area (Å²) in [6.45, 7) is -1.34. The Balaban J connectivity index is 1.37. The van der Waals surface area contributed by atoms with Gasteiger partial charge >= 0.3 is 11.4 Å². The average Bonchev–Trinajstić information content (AvgIpc) is 3.28. The molecule has 36 heavy (non-hydrogen) atoms. The second kappa shape index (κ2) is 10.5. The second-order valence-corrected chi connectivity index (χ2v) is 8.18. The summed E-state index contributed by atoms with van der Waals surface area (Å²) in [6.07, 6.45) is -8.50. The highest BCUT2D eigenvalue weighted by Crippen LogP contribution is 2.30. The summed E-state index contributed by atoms with van der Waals surface area (Å²) in [5.41, 5.74) is 3.52. The van der Waals surface area contributed by atoms with Crippen LogP contribution in [0.15, 0.2) is 32.8 Å². The average molecular weight is 515 g/mol. The van der Waals surface area contributed by atoms with E-state index in [1.54, 1.807) is 0 Å². The van der Waals surface area contributed by atoms with Gasteiger partial charge in [-0.15, -0.1) is 0 Å². The molecular formula is C19H25N5O12. The Hall–Kier alpha value is -3.00. The molecule has 17 nitrogen and oxygen atoms in total. The van der Waals surface area contributed by atoms with Gasteiger partial charge in [-0.25, -0.2) is 19.4 Å². The van der Waals surface area contributed by atoms with E-state index in [0.717, 1.165) is 21.4 Å². The van der Waals surface area contributed by atoms with Crippen molar-refractivity contribution in [1.29, 1.82) is 0 Å². The van der Waals surface area contributed by atoms with E-state index in [1.807, 2.05) is 4.98 Å². The van der Waals surface area contributed by atoms with Crippen LogP contribution in [0.5, 0.6) is 0 Å². The van der Waals surface area contributed by atoms with Crippen molar-refractivity contribution in [2.75, 3.05) is 18.9 Å². The molecule has 0 aromatic carbocycles. The quantitative estimate of drug-likeness (QED) is 0.0988. The molecule has 198 valence electrons. The number of nitrogen functional groups attached to an aromatic ring is 1. The first-order valence-electron chi connectivity index (χ1n) is 10.7. The molecule has 4 heterocycles. The third-order valence-electron chi connectivity index (χ3n) is 5.84. The molecule has 2 aromatic heterocycles. The van der Waals surface area contributed by atoms with E-state index in [-0.39, 0.29) is 18.0 Å². The lowest BCUT2D eigenvalue weighted by molar-refractivity contribution is -0.318. The number of rotatable bonds is 8. The standard InChI is InChI=1S/C19H25N5O12/c20-15-7(3-24(19(32)22-15)17-13(29)11(27)8(4-25)35-17)5-33-34-6-9-12(28)14(30)16(36-9)23-2-1-10(26)21-18(23)31/h1-3,8-9,11-14,16-17,25,27-30H,4-6H2,(H2,20,22,32)(H,21,26,31)/t8-,9-,11-,12-,13-,14-,16-,17-/m1/s1. The summed E-state index contributed by atoms with van der Waals surface area (Å²) in [6, 6.07) is 1.05. The first-order valence-corrected chi connectivity index (χ1v) is 10.7. The molecule has 2 aliphatic rings. The fraction of sp³-hybridized carbons (Fsp3) is 0.579. The Bertz CT molecular complexity index is 1250. The van der Waals surface area contributed by atoms with E-state index in [0.29, 0.717) is 0 Å². The molecule has 8 atom stereocenters. The van der Waals surface area contributed by atoms with Crippen LogP contribution in [0, 0.1) is 0 Å². The van der Waals surface area contributed by atoms with Crippen molar-refractivity contribution in [3.8, 4) is 0 Å². The number of hydrogen-bond donors (Lipinski definition) is 7. The van der Waals surface area contributed by atoms with Gasteiger partial charge in [0.1, 0.15) is 55.7 Å². The largest absolute Gasteiger partial charge is 0.394 e. The first kappa shape index (κ1) is 26.1. The highest BCUT2D eigenvalue weighted by molar-refractivity contribution is 5.36. The van der Waals surface area contributed by atoms with Crippen molar-refractivity contribution in [3.63, 3.8) is 0 Å². The minimum atomic E-state index is -1.52. The summed E-state index contributed by atoms with van der Waals surface area (Å²) in [4.78, 5) is 51.1. The molecule has 2 saturated heterocycles. The van der Waals surface area contributed by atoms with Gasteiger partial charge in [0.25, 0.3) is 5.56 Å². The van der Waals surface area contributed by atoms with Gasteiger partial charge in [-0.2, -0.15) is 4.98 Å². The van der Waals surface area contributed by atoms with Crippen LogP contribution in [0.3, 0.4) is 0 Å². The zero-order chi connectivity index (χ0) is 26.1. The van der Waals surface area contributed by atoms with Gasteiger partial charge in [-0.1, -0.05) is 0 Å². The lowest BCUT2D eigenvalue weighted by atomic mass is 10.1. The number of H-pyrrole nitrogens is 1. The molecule has 0 bridgehead atoms. The third-order valence-corrected chi connectivity index (χ3v) is 5.84. The molecule has 0 aliphatic carbocycles. The second-order valence-electron chi connectivity index (χ2n) is 8.18. The molecule has 2 fully saturated rings. The van der Waals surface area contributed by atoms with Crippen molar-refractivity contribution in [3.05, 3.63) is 55.3 Å². The number of nitrogens with zero attached hydrogens (tertiary/aromatic N) is 3. The fourth-order valence-corrected chi connectivity index (χ4v) is 3.87. The summed E-state index contributed by atoms with van der Waals surface area (Å²) < 4.78 is 12.6. The van der Waals surface area contributed by atoms with E-state index < -0.39 is 79.2 Å². The number of hydrogen-bond acceptors (Lipinski definition) is 14. The fourth-order valence-electron chi connectivity index (χ4n) is 3.87. The molecule has 0 radical (unpaired) electrons. The minimum absolute atomic E-state index is 0.137. The third kappa shape index (κ3) is 4.96. The number of aromatic amines is 1.